The zero-order chi connectivity index (χ0) is 33.7. The fraction of sp³-hybridized carbons (Fsp3) is 0. The highest BCUT2D eigenvalue weighted by Crippen LogP contribution is 2.48. The summed E-state index contributed by atoms with van der Waals surface area (Å²) < 4.78 is 13.1. The minimum Gasteiger partial charge on any atom is -0.453 e. The van der Waals surface area contributed by atoms with Crippen LogP contribution in [0.3, 0.4) is 0 Å². The van der Waals surface area contributed by atoms with Crippen LogP contribution in [-0.2, 0) is 0 Å². The maximum atomic E-state index is 6.62. The normalized spacial score (nSPS) is 11.8. The van der Waals surface area contributed by atoms with Gasteiger partial charge >= 0.3 is 0 Å². The predicted molar refractivity (Wildman–Crippen MR) is 211 cm³/mol. The first-order valence-electron chi connectivity index (χ1n) is 17.2. The van der Waals surface area contributed by atoms with Gasteiger partial charge in [0.05, 0.1) is 11.1 Å². The van der Waals surface area contributed by atoms with Gasteiger partial charge in [-0.1, -0.05) is 127 Å². The van der Waals surface area contributed by atoms with Gasteiger partial charge in [0.25, 0.3) is 0 Å². The second-order valence-electron chi connectivity index (χ2n) is 12.9. The zero-order valence-electron chi connectivity index (χ0n) is 27.7. The van der Waals surface area contributed by atoms with Crippen molar-refractivity contribution in [2.24, 2.45) is 0 Å². The van der Waals surface area contributed by atoms with Crippen LogP contribution < -0.4 is 14.4 Å². The van der Waals surface area contributed by atoms with Crippen molar-refractivity contribution in [3.63, 3.8) is 0 Å². The molecule has 9 aromatic rings. The lowest BCUT2D eigenvalue weighted by Crippen LogP contribution is -2.10. The van der Waals surface area contributed by atoms with E-state index < -0.39 is 0 Å². The molecule has 1 aliphatic rings. The molecule has 240 valence electrons. The number of hydrogen-bond donors (Lipinski definition) is 0. The number of rotatable bonds is 5. The van der Waals surface area contributed by atoms with Crippen molar-refractivity contribution in [3.05, 3.63) is 188 Å². The van der Waals surface area contributed by atoms with Gasteiger partial charge in [-0.15, -0.1) is 0 Å². The third kappa shape index (κ3) is 5.06. The van der Waals surface area contributed by atoms with Crippen LogP contribution >= 0.6 is 0 Å². The minimum absolute atomic E-state index is 0.668. The standard InChI is InChI=1S/C48H31NO2/c1-2-10-32(11-3-1)33-20-24-37(25-21-33)49(39-28-29-44-47(31-39)51-46-19-9-14-35-13-8-18-45(50-44)48(35)46)38-26-22-34(23-27-38)43-30-36-12-4-5-15-40(36)41-16-6-7-17-42(41)43/h1-31H. The minimum atomic E-state index is 0.668. The Kier molecular flexibility index (Phi) is 6.81. The van der Waals surface area contributed by atoms with Crippen molar-refractivity contribution in [2.75, 3.05) is 4.90 Å². The van der Waals surface area contributed by atoms with Crippen molar-refractivity contribution in [1.82, 2.24) is 0 Å². The smallest absolute Gasteiger partial charge is 0.172 e. The molecule has 0 aromatic heterocycles. The van der Waals surface area contributed by atoms with Gasteiger partial charge in [0.15, 0.2) is 11.5 Å². The highest BCUT2D eigenvalue weighted by atomic mass is 16.5. The summed E-state index contributed by atoms with van der Waals surface area (Å²) in [5.74, 6) is 2.92. The molecule has 0 bridgehead atoms. The molecular formula is C48H31NO2. The molecule has 0 radical (unpaired) electrons. The van der Waals surface area contributed by atoms with E-state index in [2.05, 4.69) is 157 Å². The Bertz CT molecular complexity index is 2730. The average Bonchev–Trinajstić information content (AvgIpc) is 3.36. The Morgan fingerprint density at radius 2 is 0.863 bits per heavy atom. The molecule has 0 amide bonds. The van der Waals surface area contributed by atoms with E-state index in [0.717, 1.165) is 39.3 Å². The molecule has 0 spiro atoms. The van der Waals surface area contributed by atoms with Gasteiger partial charge in [0.2, 0.25) is 0 Å². The maximum absolute atomic E-state index is 6.62. The topological polar surface area (TPSA) is 21.7 Å². The third-order valence-corrected chi connectivity index (χ3v) is 9.89. The lowest BCUT2D eigenvalue weighted by molar-refractivity contribution is 0.439. The predicted octanol–water partition coefficient (Wildman–Crippen LogP) is 13.8. The summed E-state index contributed by atoms with van der Waals surface area (Å²) in [4.78, 5) is 2.28. The molecule has 51 heavy (non-hydrogen) atoms. The van der Waals surface area contributed by atoms with Crippen LogP contribution in [0, 0.1) is 0 Å². The maximum Gasteiger partial charge on any atom is 0.172 e. The summed E-state index contributed by atoms with van der Waals surface area (Å²) in [5, 5.41) is 7.07. The summed E-state index contributed by atoms with van der Waals surface area (Å²) in [5.41, 5.74) is 7.79. The van der Waals surface area contributed by atoms with E-state index in [9.17, 15) is 0 Å². The van der Waals surface area contributed by atoms with Crippen molar-refractivity contribution >= 4 is 49.4 Å². The summed E-state index contributed by atoms with van der Waals surface area (Å²) in [7, 11) is 0. The first-order chi connectivity index (χ1) is 25.3. The number of nitrogens with zero attached hydrogens (tertiary/aromatic N) is 1. The van der Waals surface area contributed by atoms with Crippen LogP contribution in [0.5, 0.6) is 23.0 Å². The highest BCUT2D eigenvalue weighted by Gasteiger charge is 2.22. The molecule has 10 rings (SSSR count). The molecule has 0 saturated heterocycles. The summed E-state index contributed by atoms with van der Waals surface area (Å²) in [6.07, 6.45) is 0. The van der Waals surface area contributed by atoms with E-state index in [0.29, 0.717) is 11.5 Å². The van der Waals surface area contributed by atoms with E-state index in [-0.39, 0.29) is 0 Å². The Morgan fingerprint density at radius 1 is 0.314 bits per heavy atom. The van der Waals surface area contributed by atoms with Gasteiger partial charge in [0, 0.05) is 17.4 Å². The molecule has 0 unspecified atom stereocenters. The van der Waals surface area contributed by atoms with E-state index >= 15 is 0 Å². The van der Waals surface area contributed by atoms with Gasteiger partial charge in [-0.05, 0) is 104 Å². The van der Waals surface area contributed by atoms with Crippen LogP contribution in [-0.4, -0.2) is 0 Å². The Hall–Kier alpha value is -6.84. The van der Waals surface area contributed by atoms with Crippen LogP contribution in [0.2, 0.25) is 0 Å². The van der Waals surface area contributed by atoms with Crippen LogP contribution in [0.25, 0.3) is 54.6 Å². The van der Waals surface area contributed by atoms with Gasteiger partial charge in [-0.2, -0.15) is 0 Å². The Balaban J connectivity index is 1.09. The largest absolute Gasteiger partial charge is 0.453 e. The molecule has 3 heteroatoms. The van der Waals surface area contributed by atoms with E-state index in [1.54, 1.807) is 0 Å². The molecule has 0 N–H and O–H groups in total. The lowest BCUT2D eigenvalue weighted by atomic mass is 9.93. The van der Waals surface area contributed by atoms with Crippen LogP contribution in [0.4, 0.5) is 17.1 Å². The summed E-state index contributed by atoms with van der Waals surface area (Å²) >= 11 is 0. The quantitative estimate of drug-likeness (QED) is 0.173. The molecule has 0 aliphatic carbocycles. The third-order valence-electron chi connectivity index (χ3n) is 9.89. The van der Waals surface area contributed by atoms with Crippen LogP contribution in [0.1, 0.15) is 0 Å². The molecule has 9 aromatic carbocycles. The van der Waals surface area contributed by atoms with E-state index in [4.69, 9.17) is 9.47 Å². The van der Waals surface area contributed by atoms with Crippen molar-refractivity contribution in [2.45, 2.75) is 0 Å². The summed E-state index contributed by atoms with van der Waals surface area (Å²) in [6.45, 7) is 0. The summed E-state index contributed by atoms with van der Waals surface area (Å²) in [6, 6.07) is 66.2. The van der Waals surface area contributed by atoms with Gasteiger partial charge in [-0.25, -0.2) is 0 Å². The van der Waals surface area contributed by atoms with Crippen LogP contribution in [0.15, 0.2) is 188 Å². The molecule has 0 fully saturated rings. The highest BCUT2D eigenvalue weighted by molar-refractivity contribution is 6.13. The fourth-order valence-corrected chi connectivity index (χ4v) is 7.44. The number of fused-ring (bicyclic) bond motifs is 4. The molecular weight excluding hydrogens is 623 g/mol. The average molecular weight is 654 g/mol. The van der Waals surface area contributed by atoms with Gasteiger partial charge in [0.1, 0.15) is 11.5 Å². The molecule has 0 saturated carbocycles. The molecule has 1 aliphatic heterocycles. The molecule has 0 atom stereocenters. The fourth-order valence-electron chi connectivity index (χ4n) is 7.44. The SMILES string of the molecule is c1ccc(-c2ccc(N(c3ccc(-c4cc5ccccc5c5ccccc45)cc3)c3ccc4c(c3)Oc3cccc5cccc(c35)O4)cc2)cc1. The first kappa shape index (κ1) is 29.1. The number of hydrogen-bond acceptors (Lipinski definition) is 3. The van der Waals surface area contributed by atoms with Crippen molar-refractivity contribution in [3.8, 4) is 45.3 Å². The molecule has 3 nitrogen and oxygen atoms in total. The number of ether oxygens (including phenoxy) is 2. The van der Waals surface area contributed by atoms with Gasteiger partial charge in [-0.3, -0.25) is 0 Å². The van der Waals surface area contributed by atoms with Gasteiger partial charge < -0.3 is 14.4 Å². The van der Waals surface area contributed by atoms with E-state index in [1.807, 2.05) is 36.4 Å². The number of anilines is 3. The molecule has 1 heterocycles. The monoisotopic (exact) mass is 653 g/mol. The Morgan fingerprint density at radius 3 is 1.59 bits per heavy atom. The first-order valence-corrected chi connectivity index (χ1v) is 17.2. The Labute approximate surface area is 296 Å². The number of benzene rings is 9. The van der Waals surface area contributed by atoms with Crippen molar-refractivity contribution < 1.29 is 9.47 Å². The lowest BCUT2D eigenvalue weighted by Gasteiger charge is -2.26. The van der Waals surface area contributed by atoms with Crippen molar-refractivity contribution in [1.29, 1.82) is 0 Å². The van der Waals surface area contributed by atoms with E-state index in [1.165, 1.54) is 43.8 Å². The second-order valence-corrected chi connectivity index (χ2v) is 12.9. The zero-order valence-corrected chi connectivity index (χ0v) is 27.7. The second kappa shape index (κ2) is 11.9.